The van der Waals surface area contributed by atoms with E-state index in [1.165, 1.54) is 0 Å². The molecule has 4 N–H and O–H groups in total. The van der Waals surface area contributed by atoms with Gasteiger partial charge in [0.1, 0.15) is 6.04 Å². The lowest BCUT2D eigenvalue weighted by atomic mass is 9.87. The molecule has 1 aromatic carbocycles. The number of fused-ring (bicyclic) bond motifs is 1. The number of carbonyl (C=O) groups is 1. The van der Waals surface area contributed by atoms with Gasteiger partial charge in [0.25, 0.3) is 0 Å². The average molecular weight is 260 g/mol. The fourth-order valence-corrected chi connectivity index (χ4v) is 2.65. The molecule has 1 unspecified atom stereocenters. The third-order valence-corrected chi connectivity index (χ3v) is 3.67. The first-order chi connectivity index (χ1) is 9.06. The number of nitrogens with one attached hydrogen (secondary N) is 1. The summed E-state index contributed by atoms with van der Waals surface area (Å²) < 4.78 is 0. The van der Waals surface area contributed by atoms with Gasteiger partial charge in [0, 0.05) is 23.0 Å². The molecular formula is C15H20N2O2. The third kappa shape index (κ3) is 2.49. The molecule has 2 aromatic rings. The van der Waals surface area contributed by atoms with E-state index in [1.807, 2.05) is 38.2 Å². The third-order valence-electron chi connectivity index (χ3n) is 3.67. The van der Waals surface area contributed by atoms with Crippen molar-refractivity contribution >= 4 is 16.9 Å². The van der Waals surface area contributed by atoms with E-state index >= 15 is 0 Å². The Hall–Kier alpha value is -1.81. The van der Waals surface area contributed by atoms with Crippen molar-refractivity contribution in [3.63, 3.8) is 0 Å². The second-order valence-corrected chi connectivity index (χ2v) is 5.00. The fraction of sp³-hybridized carbons (Fsp3) is 0.400. The molecule has 0 fully saturated rings. The molecule has 0 aliphatic heterocycles. The van der Waals surface area contributed by atoms with Crippen LogP contribution < -0.4 is 5.73 Å². The minimum Gasteiger partial charge on any atom is -0.480 e. The van der Waals surface area contributed by atoms with Gasteiger partial charge in [-0.2, -0.15) is 0 Å². The fourth-order valence-electron chi connectivity index (χ4n) is 2.65. The van der Waals surface area contributed by atoms with Gasteiger partial charge in [0.15, 0.2) is 0 Å². The maximum absolute atomic E-state index is 11.2. The topological polar surface area (TPSA) is 79.1 Å². The highest BCUT2D eigenvalue weighted by atomic mass is 16.4. The summed E-state index contributed by atoms with van der Waals surface area (Å²) in [6.07, 6.45) is 3.58. The van der Waals surface area contributed by atoms with Crippen LogP contribution in [0.5, 0.6) is 0 Å². The molecule has 4 nitrogen and oxygen atoms in total. The van der Waals surface area contributed by atoms with E-state index in [1.54, 1.807) is 0 Å². The zero-order valence-electron chi connectivity index (χ0n) is 11.3. The maximum Gasteiger partial charge on any atom is 0.321 e. The number of aromatic nitrogens is 1. The van der Waals surface area contributed by atoms with Crippen LogP contribution in [0.15, 0.2) is 24.4 Å². The minimum atomic E-state index is -0.944. The van der Waals surface area contributed by atoms with Crippen molar-refractivity contribution in [2.24, 2.45) is 5.73 Å². The van der Waals surface area contributed by atoms with Crippen LogP contribution in [-0.4, -0.2) is 22.1 Å². The van der Waals surface area contributed by atoms with Crippen molar-refractivity contribution in [2.75, 3.05) is 0 Å². The maximum atomic E-state index is 11.2. The van der Waals surface area contributed by atoms with Gasteiger partial charge in [-0.05, 0) is 24.5 Å². The van der Waals surface area contributed by atoms with Crippen molar-refractivity contribution in [2.45, 2.75) is 38.6 Å². The Balaban J connectivity index is 2.50. The number of hydrogen-bond donors (Lipinski definition) is 3. The van der Waals surface area contributed by atoms with Crippen molar-refractivity contribution in [1.82, 2.24) is 4.98 Å². The number of benzene rings is 1. The Bertz CT molecular complexity index is 589. The first-order valence-corrected chi connectivity index (χ1v) is 6.61. The Kier molecular flexibility index (Phi) is 3.90. The normalized spacial score (nSPS) is 14.5. The van der Waals surface area contributed by atoms with Gasteiger partial charge in [0.2, 0.25) is 0 Å². The SMILES string of the molecule is CCCC(c1c[nH]c2c(C)cccc12)[C@H](N)C(=O)O. The van der Waals surface area contributed by atoms with E-state index in [2.05, 4.69) is 4.98 Å². The molecule has 0 saturated heterocycles. The largest absolute Gasteiger partial charge is 0.480 e. The Morgan fingerprint density at radius 2 is 2.21 bits per heavy atom. The molecule has 2 atom stereocenters. The van der Waals surface area contributed by atoms with Crippen molar-refractivity contribution in [3.05, 3.63) is 35.5 Å². The highest BCUT2D eigenvalue weighted by Gasteiger charge is 2.27. The monoisotopic (exact) mass is 260 g/mol. The van der Waals surface area contributed by atoms with Gasteiger partial charge in [-0.25, -0.2) is 0 Å². The molecule has 1 heterocycles. The second kappa shape index (κ2) is 5.45. The molecule has 0 aliphatic carbocycles. The van der Waals surface area contributed by atoms with Crippen LogP contribution >= 0.6 is 0 Å². The standard InChI is InChI=1S/C15H20N2O2/c1-3-5-10(13(16)15(18)19)12-8-17-14-9(2)6-4-7-11(12)14/h4,6-8,10,13,17H,3,5,16H2,1-2H3,(H,18,19)/t10?,13-/m0/s1. The number of carboxylic acids is 1. The van der Waals surface area contributed by atoms with Gasteiger partial charge >= 0.3 is 5.97 Å². The van der Waals surface area contributed by atoms with E-state index in [4.69, 9.17) is 10.8 Å². The van der Waals surface area contributed by atoms with Crippen LogP contribution in [0.1, 0.15) is 36.8 Å². The first-order valence-electron chi connectivity index (χ1n) is 6.61. The highest BCUT2D eigenvalue weighted by molar-refractivity contribution is 5.87. The molecular weight excluding hydrogens is 240 g/mol. The number of nitrogens with two attached hydrogens (primary N) is 1. The molecule has 0 bridgehead atoms. The number of hydrogen-bond acceptors (Lipinski definition) is 2. The number of carboxylic acid groups (broad SMARTS) is 1. The lowest BCUT2D eigenvalue weighted by molar-refractivity contribution is -0.139. The number of aromatic amines is 1. The molecule has 0 saturated carbocycles. The van der Waals surface area contributed by atoms with E-state index in [0.29, 0.717) is 0 Å². The van der Waals surface area contributed by atoms with Gasteiger partial charge in [-0.3, -0.25) is 4.79 Å². The van der Waals surface area contributed by atoms with Crippen LogP contribution in [0.4, 0.5) is 0 Å². The first kappa shape index (κ1) is 13.6. The van der Waals surface area contributed by atoms with Crippen molar-refractivity contribution in [1.29, 1.82) is 0 Å². The summed E-state index contributed by atoms with van der Waals surface area (Å²) in [5, 5.41) is 10.2. The number of rotatable bonds is 5. The summed E-state index contributed by atoms with van der Waals surface area (Å²) in [5.74, 6) is -1.10. The lowest BCUT2D eigenvalue weighted by Gasteiger charge is -2.20. The van der Waals surface area contributed by atoms with Crippen molar-refractivity contribution < 1.29 is 9.90 Å². The molecule has 0 radical (unpaired) electrons. The average Bonchev–Trinajstić information content (AvgIpc) is 2.80. The van der Waals surface area contributed by atoms with E-state index in [-0.39, 0.29) is 5.92 Å². The van der Waals surface area contributed by atoms with Crippen LogP contribution in [0.25, 0.3) is 10.9 Å². The smallest absolute Gasteiger partial charge is 0.321 e. The van der Waals surface area contributed by atoms with Crippen molar-refractivity contribution in [3.8, 4) is 0 Å². The second-order valence-electron chi connectivity index (χ2n) is 5.00. The molecule has 0 aliphatic rings. The number of aliphatic carboxylic acids is 1. The summed E-state index contributed by atoms with van der Waals surface area (Å²) in [6.45, 7) is 4.08. The number of H-pyrrole nitrogens is 1. The molecule has 4 heteroatoms. The molecule has 102 valence electrons. The van der Waals surface area contributed by atoms with Crippen LogP contribution in [0, 0.1) is 6.92 Å². The zero-order chi connectivity index (χ0) is 14.0. The molecule has 0 spiro atoms. The molecule has 1 aromatic heterocycles. The predicted molar refractivity (Wildman–Crippen MR) is 76.3 cm³/mol. The Morgan fingerprint density at radius 1 is 1.47 bits per heavy atom. The Labute approximate surface area is 112 Å². The van der Waals surface area contributed by atoms with Crippen LogP contribution in [-0.2, 0) is 4.79 Å². The number of para-hydroxylation sites is 1. The van der Waals surface area contributed by atoms with Gasteiger partial charge in [-0.1, -0.05) is 31.5 Å². The molecule has 19 heavy (non-hydrogen) atoms. The summed E-state index contributed by atoms with van der Waals surface area (Å²) in [7, 11) is 0. The highest BCUT2D eigenvalue weighted by Crippen LogP contribution is 2.32. The van der Waals surface area contributed by atoms with E-state index < -0.39 is 12.0 Å². The minimum absolute atomic E-state index is 0.155. The predicted octanol–water partition coefficient (Wildman–Crippen LogP) is 2.77. The zero-order valence-corrected chi connectivity index (χ0v) is 11.3. The summed E-state index contributed by atoms with van der Waals surface area (Å²) >= 11 is 0. The lowest BCUT2D eigenvalue weighted by Crippen LogP contribution is -2.36. The van der Waals surface area contributed by atoms with Gasteiger partial charge in [-0.15, -0.1) is 0 Å². The molecule has 2 rings (SSSR count). The molecule has 0 amide bonds. The van der Waals surface area contributed by atoms with E-state index in [0.717, 1.165) is 34.9 Å². The van der Waals surface area contributed by atoms with Gasteiger partial charge < -0.3 is 15.8 Å². The van der Waals surface area contributed by atoms with Crippen LogP contribution in [0.3, 0.4) is 0 Å². The number of aryl methyl sites for hydroxylation is 1. The van der Waals surface area contributed by atoms with Gasteiger partial charge in [0.05, 0.1) is 0 Å². The van der Waals surface area contributed by atoms with E-state index in [9.17, 15) is 4.79 Å². The van der Waals surface area contributed by atoms with Crippen LogP contribution in [0.2, 0.25) is 0 Å². The Morgan fingerprint density at radius 3 is 2.84 bits per heavy atom. The summed E-state index contributed by atoms with van der Waals surface area (Å²) in [4.78, 5) is 14.4. The summed E-state index contributed by atoms with van der Waals surface area (Å²) in [5.41, 5.74) is 9.08. The summed E-state index contributed by atoms with van der Waals surface area (Å²) in [6, 6.07) is 5.18. The quantitative estimate of drug-likeness (QED) is 0.773.